The third-order valence-corrected chi connectivity index (χ3v) is 6.00. The first kappa shape index (κ1) is 23.8. The molecule has 5 nitrogen and oxygen atoms in total. The topological polar surface area (TPSA) is 78.8 Å². The molecular formula is C26H24F3NO4. The quantitative estimate of drug-likeness (QED) is 0.452. The zero-order chi connectivity index (χ0) is 24.3. The Morgan fingerprint density at radius 1 is 0.912 bits per heavy atom. The highest BCUT2D eigenvalue weighted by atomic mass is 19.4. The minimum atomic E-state index is -4.66. The number of rotatable bonds is 7. The lowest BCUT2D eigenvalue weighted by Crippen LogP contribution is -2.31. The lowest BCUT2D eigenvalue weighted by atomic mass is 9.97. The van der Waals surface area contributed by atoms with Crippen molar-refractivity contribution in [2.24, 2.45) is 0 Å². The fourth-order valence-corrected chi connectivity index (χ4v) is 4.35. The van der Waals surface area contributed by atoms with Crippen LogP contribution in [-0.2, 0) is 10.9 Å². The number of benzene rings is 3. The van der Waals surface area contributed by atoms with Gasteiger partial charge in [0.2, 0.25) is 0 Å². The summed E-state index contributed by atoms with van der Waals surface area (Å²) in [6.07, 6.45) is -8.77. The normalized spacial score (nSPS) is 14.7. The van der Waals surface area contributed by atoms with Crippen molar-refractivity contribution >= 4 is 6.09 Å². The smallest absolute Gasteiger partial charge is 0.416 e. The summed E-state index contributed by atoms with van der Waals surface area (Å²) in [5, 5.41) is 22.9. The molecule has 3 N–H and O–H groups in total. The maximum Gasteiger partial charge on any atom is 0.416 e. The van der Waals surface area contributed by atoms with Gasteiger partial charge in [-0.15, -0.1) is 0 Å². The molecule has 2 unspecified atom stereocenters. The molecule has 0 saturated heterocycles. The van der Waals surface area contributed by atoms with Crippen LogP contribution in [0.3, 0.4) is 0 Å². The molecule has 0 spiro atoms. The molecule has 178 valence electrons. The third-order valence-electron chi connectivity index (χ3n) is 6.00. The minimum absolute atomic E-state index is 0.0803. The molecule has 3 aromatic carbocycles. The number of carbonyl (C=O) groups excluding carboxylic acids is 1. The Bertz CT molecular complexity index is 1120. The Morgan fingerprint density at radius 2 is 1.47 bits per heavy atom. The van der Waals surface area contributed by atoms with Gasteiger partial charge in [-0.3, -0.25) is 0 Å². The summed E-state index contributed by atoms with van der Waals surface area (Å²) in [6, 6.07) is 20.4. The van der Waals surface area contributed by atoms with E-state index in [9.17, 15) is 28.2 Å². The molecule has 4 rings (SSSR count). The molecule has 3 aromatic rings. The van der Waals surface area contributed by atoms with Gasteiger partial charge in [-0.1, -0.05) is 66.7 Å². The van der Waals surface area contributed by atoms with E-state index >= 15 is 0 Å². The van der Waals surface area contributed by atoms with E-state index in [0.717, 1.165) is 34.4 Å². The molecule has 34 heavy (non-hydrogen) atoms. The summed E-state index contributed by atoms with van der Waals surface area (Å²) in [5.41, 5.74) is 2.91. The molecule has 1 aliphatic rings. The first-order valence-electron chi connectivity index (χ1n) is 10.9. The van der Waals surface area contributed by atoms with Crippen LogP contribution in [0.15, 0.2) is 72.8 Å². The van der Waals surface area contributed by atoms with Crippen molar-refractivity contribution in [3.05, 3.63) is 95.1 Å². The van der Waals surface area contributed by atoms with E-state index in [1.54, 1.807) is 0 Å². The monoisotopic (exact) mass is 471 g/mol. The van der Waals surface area contributed by atoms with Crippen molar-refractivity contribution in [3.8, 4) is 11.1 Å². The highest BCUT2D eigenvalue weighted by Gasteiger charge is 2.36. The Morgan fingerprint density at radius 3 is 2.09 bits per heavy atom. The summed E-state index contributed by atoms with van der Waals surface area (Å²) in [6.45, 7) is 0.0348. The van der Waals surface area contributed by atoms with Gasteiger partial charge in [-0.2, -0.15) is 13.2 Å². The van der Waals surface area contributed by atoms with Crippen LogP contribution < -0.4 is 5.32 Å². The van der Waals surface area contributed by atoms with Gasteiger partial charge in [-0.25, -0.2) is 4.79 Å². The summed E-state index contributed by atoms with van der Waals surface area (Å²) in [7, 11) is 0. The molecule has 0 radical (unpaired) electrons. The van der Waals surface area contributed by atoms with Crippen LogP contribution in [0.25, 0.3) is 11.1 Å². The molecule has 8 heteroatoms. The van der Waals surface area contributed by atoms with Gasteiger partial charge in [0, 0.05) is 12.5 Å². The number of alkyl halides is 3. The lowest BCUT2D eigenvalue weighted by molar-refractivity contribution is -0.140. The average Bonchev–Trinajstić information content (AvgIpc) is 3.15. The van der Waals surface area contributed by atoms with E-state index in [2.05, 4.69) is 5.32 Å². The van der Waals surface area contributed by atoms with Crippen LogP contribution in [0.4, 0.5) is 18.0 Å². The molecule has 0 fully saturated rings. The van der Waals surface area contributed by atoms with Crippen molar-refractivity contribution < 1.29 is 32.9 Å². The van der Waals surface area contributed by atoms with Gasteiger partial charge in [-0.05, 0) is 40.3 Å². The summed E-state index contributed by atoms with van der Waals surface area (Å²) in [4.78, 5) is 12.2. The molecule has 1 aliphatic carbocycles. The van der Waals surface area contributed by atoms with Crippen molar-refractivity contribution in [2.45, 2.75) is 30.7 Å². The van der Waals surface area contributed by atoms with Crippen LogP contribution in [0.1, 0.15) is 40.7 Å². The second kappa shape index (κ2) is 9.87. The van der Waals surface area contributed by atoms with Gasteiger partial charge in [0.1, 0.15) is 12.7 Å². The number of aliphatic hydroxyl groups is 2. The van der Waals surface area contributed by atoms with Gasteiger partial charge >= 0.3 is 12.3 Å². The zero-order valence-electron chi connectivity index (χ0n) is 18.1. The number of amides is 1. The van der Waals surface area contributed by atoms with Crippen LogP contribution in [0, 0.1) is 0 Å². The average molecular weight is 471 g/mol. The van der Waals surface area contributed by atoms with E-state index < -0.39 is 35.6 Å². The van der Waals surface area contributed by atoms with Gasteiger partial charge in [0.15, 0.2) is 0 Å². The second-order valence-electron chi connectivity index (χ2n) is 8.14. The number of fused-ring (bicyclic) bond motifs is 3. The lowest BCUT2D eigenvalue weighted by Gasteiger charge is -2.22. The Hall–Kier alpha value is -3.36. The molecule has 1 amide bonds. The molecule has 2 atom stereocenters. The largest absolute Gasteiger partial charge is 0.449 e. The Balaban J connectivity index is 1.30. The number of aliphatic hydroxyl groups excluding tert-OH is 2. The molecule has 0 aliphatic heterocycles. The molecule has 0 heterocycles. The SMILES string of the molecule is O=C(NCCC(O)C(O)c1ccccc1C(F)(F)F)OCC1c2ccccc2-c2ccccc21. The van der Waals surface area contributed by atoms with Crippen molar-refractivity contribution in [2.75, 3.05) is 13.2 Å². The number of ether oxygens (including phenoxy) is 1. The first-order valence-corrected chi connectivity index (χ1v) is 10.9. The maximum atomic E-state index is 13.2. The number of alkyl carbamates (subject to hydrolysis) is 1. The Labute approximate surface area is 194 Å². The number of hydrogen-bond acceptors (Lipinski definition) is 4. The Kier molecular flexibility index (Phi) is 6.90. The highest BCUT2D eigenvalue weighted by molar-refractivity contribution is 5.79. The summed E-state index contributed by atoms with van der Waals surface area (Å²) in [5.74, 6) is -0.107. The number of nitrogens with one attached hydrogen (secondary N) is 1. The maximum absolute atomic E-state index is 13.2. The van der Waals surface area contributed by atoms with Gasteiger partial charge in [0.25, 0.3) is 0 Å². The van der Waals surface area contributed by atoms with Crippen LogP contribution in [-0.4, -0.2) is 35.6 Å². The molecule has 0 aromatic heterocycles. The van der Waals surface area contributed by atoms with Gasteiger partial charge in [0.05, 0.1) is 11.7 Å². The summed E-state index contributed by atoms with van der Waals surface area (Å²) < 4.78 is 44.9. The van der Waals surface area contributed by atoms with Crippen molar-refractivity contribution in [3.63, 3.8) is 0 Å². The van der Waals surface area contributed by atoms with Crippen LogP contribution >= 0.6 is 0 Å². The fourth-order valence-electron chi connectivity index (χ4n) is 4.35. The number of halogens is 3. The zero-order valence-corrected chi connectivity index (χ0v) is 18.1. The predicted octanol–water partition coefficient (Wildman–Crippen LogP) is 5.03. The molecular weight excluding hydrogens is 447 g/mol. The van der Waals surface area contributed by atoms with E-state index in [1.807, 2.05) is 48.5 Å². The number of hydrogen-bond donors (Lipinski definition) is 3. The van der Waals surface area contributed by atoms with Crippen molar-refractivity contribution in [1.82, 2.24) is 5.32 Å². The first-order chi connectivity index (χ1) is 16.3. The van der Waals surface area contributed by atoms with Crippen LogP contribution in [0.2, 0.25) is 0 Å². The standard InChI is InChI=1S/C26H24F3NO4/c27-26(28,29)22-12-6-5-11-20(22)24(32)23(31)13-14-30-25(33)34-15-21-18-9-3-1-7-16(18)17-8-2-4-10-19(17)21/h1-12,21,23-24,31-32H,13-15H2,(H,30,33). The van der Waals surface area contributed by atoms with E-state index in [0.29, 0.717) is 0 Å². The van der Waals surface area contributed by atoms with Gasteiger partial charge < -0.3 is 20.3 Å². The molecule has 0 bridgehead atoms. The van der Waals surface area contributed by atoms with E-state index in [-0.39, 0.29) is 25.5 Å². The second-order valence-corrected chi connectivity index (χ2v) is 8.14. The van der Waals surface area contributed by atoms with E-state index in [4.69, 9.17) is 4.74 Å². The van der Waals surface area contributed by atoms with E-state index in [1.165, 1.54) is 12.1 Å². The summed E-state index contributed by atoms with van der Waals surface area (Å²) >= 11 is 0. The fraction of sp³-hybridized carbons (Fsp3) is 0.269. The van der Waals surface area contributed by atoms with Crippen LogP contribution in [0.5, 0.6) is 0 Å². The highest BCUT2D eigenvalue weighted by Crippen LogP contribution is 2.44. The third kappa shape index (κ3) is 4.93. The minimum Gasteiger partial charge on any atom is -0.449 e. The molecule has 0 saturated carbocycles. The number of carbonyl (C=O) groups is 1. The predicted molar refractivity (Wildman–Crippen MR) is 120 cm³/mol. The van der Waals surface area contributed by atoms with Crippen molar-refractivity contribution in [1.29, 1.82) is 0 Å².